The van der Waals surface area contributed by atoms with Gasteiger partial charge in [0.05, 0.1) is 16.9 Å². The van der Waals surface area contributed by atoms with E-state index in [2.05, 4.69) is 10.4 Å². The predicted molar refractivity (Wildman–Crippen MR) is 127 cm³/mol. The van der Waals surface area contributed by atoms with Crippen molar-refractivity contribution in [3.05, 3.63) is 93.8 Å². The molecule has 1 aromatic heterocycles. The van der Waals surface area contributed by atoms with Crippen LogP contribution in [0.3, 0.4) is 0 Å². The summed E-state index contributed by atoms with van der Waals surface area (Å²) in [6.45, 7) is 0.413. The van der Waals surface area contributed by atoms with Crippen molar-refractivity contribution in [3.8, 4) is 0 Å². The zero-order valence-electron chi connectivity index (χ0n) is 17.1. The van der Waals surface area contributed by atoms with Crippen LogP contribution in [0.2, 0.25) is 5.02 Å². The lowest BCUT2D eigenvalue weighted by Gasteiger charge is -2.16. The zero-order chi connectivity index (χ0) is 23.2. The van der Waals surface area contributed by atoms with E-state index in [1.165, 1.54) is 12.1 Å². The Bertz CT molecular complexity index is 1410. The van der Waals surface area contributed by atoms with Crippen LogP contribution in [0.4, 0.5) is 24.5 Å². The quantitative estimate of drug-likeness (QED) is 0.299. The number of anilines is 1. The van der Waals surface area contributed by atoms with E-state index in [0.717, 1.165) is 27.8 Å². The molecule has 5 rings (SSSR count). The Kier molecular flexibility index (Phi) is 5.46. The lowest BCUT2D eigenvalue weighted by Crippen LogP contribution is -2.32. The number of thiophene rings is 1. The van der Waals surface area contributed by atoms with Crippen LogP contribution >= 0.6 is 22.9 Å². The summed E-state index contributed by atoms with van der Waals surface area (Å²) >= 11 is 7.77. The Labute approximate surface area is 196 Å². The second kappa shape index (κ2) is 8.32. The van der Waals surface area contributed by atoms with Gasteiger partial charge < -0.3 is 4.90 Å². The van der Waals surface area contributed by atoms with Gasteiger partial charge in [-0.15, -0.1) is 11.3 Å². The fourth-order valence-electron chi connectivity index (χ4n) is 3.95. The van der Waals surface area contributed by atoms with Gasteiger partial charge in [0.15, 0.2) is 0 Å². The number of amides is 1. The van der Waals surface area contributed by atoms with E-state index in [1.807, 2.05) is 30.3 Å². The van der Waals surface area contributed by atoms with Crippen LogP contribution in [0.25, 0.3) is 10.1 Å². The number of fused-ring (bicyclic) bond motifs is 2. The number of carbonyl (C=O) groups excluding carboxylic acids is 1. The molecule has 1 aliphatic rings. The lowest BCUT2D eigenvalue weighted by atomic mass is 10.1. The smallest absolute Gasteiger partial charge is 0.306 e. The molecular formula is C25H16ClF3N2OS. The highest BCUT2D eigenvalue weighted by atomic mass is 35.5. The van der Waals surface area contributed by atoms with Crippen molar-refractivity contribution >= 4 is 56.0 Å². The Morgan fingerprint density at radius 2 is 1.82 bits per heavy atom. The topological polar surface area (TPSA) is 32.7 Å². The second-order valence-electron chi connectivity index (χ2n) is 7.63. The van der Waals surface area contributed by atoms with E-state index in [9.17, 15) is 18.0 Å². The average molecular weight is 485 g/mol. The van der Waals surface area contributed by atoms with Gasteiger partial charge in [0, 0.05) is 21.8 Å². The molecular weight excluding hydrogens is 469 g/mol. The molecule has 8 heteroatoms. The van der Waals surface area contributed by atoms with Crippen molar-refractivity contribution in [3.63, 3.8) is 0 Å². The van der Waals surface area contributed by atoms with Gasteiger partial charge in [-0.3, -0.25) is 4.79 Å². The fraction of sp³-hybridized carbons (Fsp3) is 0.120. The summed E-state index contributed by atoms with van der Waals surface area (Å²) in [7, 11) is 0. The van der Waals surface area contributed by atoms with Crippen LogP contribution in [-0.2, 0) is 17.4 Å². The number of aliphatic imine (C=N–C) groups is 1. The van der Waals surface area contributed by atoms with Crippen LogP contribution in [-0.4, -0.2) is 18.2 Å². The molecule has 0 fully saturated rings. The Morgan fingerprint density at radius 1 is 1.00 bits per heavy atom. The third-order valence-corrected chi connectivity index (χ3v) is 6.78. The van der Waals surface area contributed by atoms with Crippen molar-refractivity contribution in [2.75, 3.05) is 11.4 Å². The summed E-state index contributed by atoms with van der Waals surface area (Å²) in [6, 6.07) is 17.6. The van der Waals surface area contributed by atoms with E-state index in [-0.39, 0.29) is 17.3 Å². The number of hydrogen-bond donors (Lipinski definition) is 0. The first-order valence-electron chi connectivity index (χ1n) is 10.1. The van der Waals surface area contributed by atoms with E-state index in [0.29, 0.717) is 29.2 Å². The first kappa shape index (κ1) is 21.7. The number of benzene rings is 3. The largest absolute Gasteiger partial charge is 0.416 e. The molecule has 0 saturated heterocycles. The minimum absolute atomic E-state index is 0.0864. The SMILES string of the molecule is O=C1C(=Nc2cccc(C(F)(F)F)c2)c2ccccc2N1CCc1csc2ccc(Cl)cc12. The van der Waals surface area contributed by atoms with Gasteiger partial charge in [-0.05, 0) is 65.2 Å². The van der Waals surface area contributed by atoms with Gasteiger partial charge in [-0.25, -0.2) is 4.99 Å². The molecule has 0 bridgehead atoms. The van der Waals surface area contributed by atoms with Crippen LogP contribution in [0.1, 0.15) is 16.7 Å². The monoisotopic (exact) mass is 484 g/mol. The first-order valence-corrected chi connectivity index (χ1v) is 11.4. The fourth-order valence-corrected chi connectivity index (χ4v) is 5.10. The highest BCUT2D eigenvalue weighted by Gasteiger charge is 2.34. The summed E-state index contributed by atoms with van der Waals surface area (Å²) in [6.07, 6.45) is -3.87. The third-order valence-electron chi connectivity index (χ3n) is 5.53. The number of alkyl halides is 3. The summed E-state index contributed by atoms with van der Waals surface area (Å²) in [5.41, 5.74) is 1.82. The van der Waals surface area contributed by atoms with Gasteiger partial charge in [0.25, 0.3) is 5.91 Å². The van der Waals surface area contributed by atoms with E-state index >= 15 is 0 Å². The summed E-state index contributed by atoms with van der Waals surface area (Å²) < 4.78 is 40.4. The minimum Gasteiger partial charge on any atom is -0.306 e. The van der Waals surface area contributed by atoms with Gasteiger partial charge in [0.2, 0.25) is 0 Å². The molecule has 4 aromatic rings. The van der Waals surface area contributed by atoms with Crippen molar-refractivity contribution in [1.82, 2.24) is 0 Å². The molecule has 0 N–H and O–H groups in total. The van der Waals surface area contributed by atoms with Crippen LogP contribution in [0, 0.1) is 0 Å². The van der Waals surface area contributed by atoms with E-state index in [4.69, 9.17) is 11.6 Å². The summed E-state index contributed by atoms with van der Waals surface area (Å²) in [4.78, 5) is 19.2. The van der Waals surface area contributed by atoms with Crippen LogP contribution < -0.4 is 4.90 Å². The Morgan fingerprint density at radius 3 is 2.64 bits per heavy atom. The third kappa shape index (κ3) is 4.14. The van der Waals surface area contributed by atoms with E-state index < -0.39 is 11.7 Å². The Balaban J connectivity index is 1.46. The molecule has 1 aliphatic heterocycles. The maximum absolute atomic E-state index is 13.3. The van der Waals surface area contributed by atoms with Crippen molar-refractivity contribution in [2.45, 2.75) is 12.6 Å². The standard InChI is InChI=1S/C25H16ClF3N2OS/c26-17-8-9-22-20(13-17)15(14-33-22)10-11-31-21-7-2-1-6-19(21)23(24(31)32)30-18-5-3-4-16(12-18)25(27,28)29/h1-9,12-14H,10-11H2. The number of halogens is 4. The molecule has 0 atom stereocenters. The number of nitrogens with zero attached hydrogens (tertiary/aromatic N) is 2. The van der Waals surface area contributed by atoms with Crippen molar-refractivity contribution < 1.29 is 18.0 Å². The number of carbonyl (C=O) groups is 1. The van der Waals surface area contributed by atoms with Gasteiger partial charge in [-0.2, -0.15) is 13.2 Å². The number of para-hydroxylation sites is 1. The molecule has 0 radical (unpaired) electrons. The molecule has 3 nitrogen and oxygen atoms in total. The molecule has 166 valence electrons. The highest BCUT2D eigenvalue weighted by Crippen LogP contribution is 2.35. The zero-order valence-corrected chi connectivity index (χ0v) is 18.6. The highest BCUT2D eigenvalue weighted by molar-refractivity contribution is 7.17. The molecule has 3 aromatic carbocycles. The van der Waals surface area contributed by atoms with Crippen molar-refractivity contribution in [2.24, 2.45) is 4.99 Å². The maximum atomic E-state index is 13.3. The molecule has 1 amide bonds. The molecule has 33 heavy (non-hydrogen) atoms. The second-order valence-corrected chi connectivity index (χ2v) is 8.98. The first-order chi connectivity index (χ1) is 15.8. The van der Waals surface area contributed by atoms with E-state index in [1.54, 1.807) is 28.4 Å². The van der Waals surface area contributed by atoms with Crippen LogP contribution in [0.15, 0.2) is 77.1 Å². The molecule has 0 spiro atoms. The molecule has 0 aliphatic carbocycles. The molecule has 0 unspecified atom stereocenters. The predicted octanol–water partition coefficient (Wildman–Crippen LogP) is 7.28. The molecule has 0 saturated carbocycles. The van der Waals surface area contributed by atoms with Gasteiger partial charge >= 0.3 is 6.18 Å². The van der Waals surface area contributed by atoms with Gasteiger partial charge in [0.1, 0.15) is 5.71 Å². The number of rotatable bonds is 4. The minimum atomic E-state index is -4.48. The molecule has 2 heterocycles. The van der Waals surface area contributed by atoms with Crippen molar-refractivity contribution in [1.29, 1.82) is 0 Å². The number of hydrogen-bond acceptors (Lipinski definition) is 3. The Hall–Kier alpha value is -3.16. The normalized spacial score (nSPS) is 15.0. The lowest BCUT2D eigenvalue weighted by molar-refractivity contribution is -0.137. The van der Waals surface area contributed by atoms with Gasteiger partial charge in [-0.1, -0.05) is 35.9 Å². The maximum Gasteiger partial charge on any atom is 0.416 e. The summed E-state index contributed by atoms with van der Waals surface area (Å²) in [5, 5.41) is 3.77. The van der Waals surface area contributed by atoms with Crippen LogP contribution in [0.5, 0.6) is 0 Å². The summed E-state index contributed by atoms with van der Waals surface area (Å²) in [5.74, 6) is -0.328. The average Bonchev–Trinajstić information content (AvgIpc) is 3.30.